The highest BCUT2D eigenvalue weighted by Gasteiger charge is 2.39. The van der Waals surface area contributed by atoms with Crippen LogP contribution in [0.25, 0.3) is 0 Å². The second kappa shape index (κ2) is 12.7. The van der Waals surface area contributed by atoms with E-state index in [0.29, 0.717) is 55.5 Å². The van der Waals surface area contributed by atoms with Gasteiger partial charge >= 0.3 is 12.0 Å². The zero-order valence-corrected chi connectivity index (χ0v) is 24.6. The third kappa shape index (κ3) is 6.22. The maximum atomic E-state index is 13.4. The first kappa shape index (κ1) is 29.3. The average molecular weight is 547 g/mol. The van der Waals surface area contributed by atoms with Crippen LogP contribution >= 0.6 is 0 Å². The van der Waals surface area contributed by atoms with Crippen molar-refractivity contribution in [2.45, 2.75) is 59.5 Å². The van der Waals surface area contributed by atoms with E-state index in [-0.39, 0.29) is 24.6 Å². The topological polar surface area (TPSA) is 82.2 Å². The lowest BCUT2D eigenvalue weighted by Gasteiger charge is -2.43. The lowest BCUT2D eigenvalue weighted by molar-refractivity contribution is -0.139. The van der Waals surface area contributed by atoms with E-state index < -0.39 is 12.0 Å². The summed E-state index contributed by atoms with van der Waals surface area (Å²) < 4.78 is 5.52. The number of nitrogens with zero attached hydrogens (tertiary/aromatic N) is 3. The number of hydrogen-bond donors (Lipinski definition) is 1. The number of esters is 1. The van der Waals surface area contributed by atoms with Crippen LogP contribution in [0.2, 0.25) is 0 Å². The van der Waals surface area contributed by atoms with Gasteiger partial charge in [0.2, 0.25) is 0 Å². The fourth-order valence-corrected chi connectivity index (χ4v) is 5.53. The molecular formula is C32H42N4O4. The van der Waals surface area contributed by atoms with Gasteiger partial charge in [-0.3, -0.25) is 14.6 Å². The van der Waals surface area contributed by atoms with Crippen LogP contribution in [0.3, 0.4) is 0 Å². The number of benzene rings is 2. The van der Waals surface area contributed by atoms with Gasteiger partial charge in [-0.1, -0.05) is 55.8 Å². The molecule has 1 fully saturated rings. The monoisotopic (exact) mass is 546 g/mol. The van der Waals surface area contributed by atoms with E-state index in [4.69, 9.17) is 4.74 Å². The van der Waals surface area contributed by atoms with Gasteiger partial charge < -0.3 is 15.0 Å². The van der Waals surface area contributed by atoms with Crippen molar-refractivity contribution in [3.63, 3.8) is 0 Å². The molecule has 2 heterocycles. The van der Waals surface area contributed by atoms with Crippen molar-refractivity contribution in [1.82, 2.24) is 20.0 Å². The number of nitrogens with one attached hydrogen (secondary N) is 1. The number of ether oxygens (including phenoxy) is 1. The third-order valence-corrected chi connectivity index (χ3v) is 7.83. The van der Waals surface area contributed by atoms with Crippen LogP contribution in [0.5, 0.6) is 0 Å². The second-order valence-electron chi connectivity index (χ2n) is 11.0. The third-order valence-electron chi connectivity index (χ3n) is 7.83. The minimum Gasteiger partial charge on any atom is -0.463 e. The van der Waals surface area contributed by atoms with E-state index in [0.717, 1.165) is 11.1 Å². The molecule has 0 bridgehead atoms. The largest absolute Gasteiger partial charge is 0.463 e. The van der Waals surface area contributed by atoms with Gasteiger partial charge in [-0.2, -0.15) is 0 Å². The van der Waals surface area contributed by atoms with E-state index in [9.17, 15) is 14.4 Å². The zero-order valence-electron chi connectivity index (χ0n) is 24.6. The molecule has 214 valence electrons. The van der Waals surface area contributed by atoms with Crippen LogP contribution in [-0.4, -0.2) is 78.0 Å². The molecule has 40 heavy (non-hydrogen) atoms. The van der Waals surface area contributed by atoms with E-state index >= 15 is 0 Å². The van der Waals surface area contributed by atoms with Gasteiger partial charge in [0.05, 0.1) is 18.2 Å². The molecule has 0 aromatic heterocycles. The van der Waals surface area contributed by atoms with Gasteiger partial charge in [0, 0.05) is 50.0 Å². The lowest BCUT2D eigenvalue weighted by atomic mass is 9.92. The lowest BCUT2D eigenvalue weighted by Crippen LogP contribution is -2.56. The summed E-state index contributed by atoms with van der Waals surface area (Å²) in [5.74, 6) is -0.0226. The zero-order chi connectivity index (χ0) is 29.0. The summed E-state index contributed by atoms with van der Waals surface area (Å²) in [4.78, 5) is 45.7. The Morgan fingerprint density at radius 3 is 2.27 bits per heavy atom. The molecule has 2 aromatic rings. The normalized spacial score (nSPS) is 20.1. The minimum atomic E-state index is -0.604. The number of urea groups is 1. The van der Waals surface area contributed by atoms with Gasteiger partial charge in [0.15, 0.2) is 0 Å². The molecular weight excluding hydrogens is 504 g/mol. The number of amides is 3. The molecule has 2 atom stereocenters. The summed E-state index contributed by atoms with van der Waals surface area (Å²) in [7, 11) is 0. The Balaban J connectivity index is 1.62. The summed E-state index contributed by atoms with van der Waals surface area (Å²) in [6.07, 6.45) is 0. The van der Waals surface area contributed by atoms with Crippen LogP contribution in [0, 0.1) is 6.92 Å². The molecule has 0 saturated carbocycles. The van der Waals surface area contributed by atoms with Crippen LogP contribution in [-0.2, 0) is 9.53 Å². The highest BCUT2D eigenvalue weighted by molar-refractivity contribution is 5.95. The number of carbonyl (C=O) groups excluding carboxylic acids is 3. The predicted molar refractivity (Wildman–Crippen MR) is 156 cm³/mol. The van der Waals surface area contributed by atoms with Crippen molar-refractivity contribution >= 4 is 17.9 Å². The predicted octanol–water partition coefficient (Wildman–Crippen LogP) is 4.87. The highest BCUT2D eigenvalue weighted by atomic mass is 16.5. The number of carbonyl (C=O) groups is 3. The Bertz CT molecular complexity index is 1250. The first-order valence-corrected chi connectivity index (χ1v) is 14.3. The van der Waals surface area contributed by atoms with E-state index in [1.807, 2.05) is 74.2 Å². The number of rotatable bonds is 8. The van der Waals surface area contributed by atoms with Gasteiger partial charge in [-0.15, -0.1) is 0 Å². The molecule has 8 heteroatoms. The smallest absolute Gasteiger partial charge is 0.338 e. The van der Waals surface area contributed by atoms with Gasteiger partial charge in [0.25, 0.3) is 5.91 Å². The molecule has 3 amide bonds. The van der Waals surface area contributed by atoms with Gasteiger partial charge in [-0.05, 0) is 56.9 Å². The van der Waals surface area contributed by atoms with Crippen molar-refractivity contribution in [2.24, 2.45) is 0 Å². The number of likely N-dealkylation sites (N-methyl/N-ethyl adjacent to an activating group) is 1. The maximum Gasteiger partial charge on any atom is 0.338 e. The maximum absolute atomic E-state index is 13.4. The van der Waals surface area contributed by atoms with Crippen molar-refractivity contribution in [3.8, 4) is 0 Å². The van der Waals surface area contributed by atoms with Crippen molar-refractivity contribution in [2.75, 3.05) is 39.3 Å². The summed E-state index contributed by atoms with van der Waals surface area (Å²) in [6, 6.07) is 14.9. The molecule has 2 unspecified atom stereocenters. The quantitative estimate of drug-likeness (QED) is 0.478. The summed E-state index contributed by atoms with van der Waals surface area (Å²) in [5, 5.41) is 3.05. The summed E-state index contributed by atoms with van der Waals surface area (Å²) >= 11 is 0. The van der Waals surface area contributed by atoms with Crippen LogP contribution in [0.15, 0.2) is 59.8 Å². The Morgan fingerprint density at radius 1 is 1.02 bits per heavy atom. The SMILES string of the molecule is CCOC(=O)C1=C(CN2CCN(C(=O)c3ccc(C)cc3)C(C)C2)N(CC)C(=O)NC1c1ccc(C(C)C)cc1. The Morgan fingerprint density at radius 2 is 1.70 bits per heavy atom. The highest BCUT2D eigenvalue weighted by Crippen LogP contribution is 2.33. The number of aryl methyl sites for hydroxylation is 1. The van der Waals surface area contributed by atoms with Crippen LogP contribution < -0.4 is 5.32 Å². The van der Waals surface area contributed by atoms with Crippen molar-refractivity contribution < 1.29 is 19.1 Å². The minimum absolute atomic E-state index is 0.0238. The molecule has 2 aliphatic rings. The molecule has 2 aliphatic heterocycles. The van der Waals surface area contributed by atoms with Crippen LogP contribution in [0.4, 0.5) is 4.79 Å². The molecule has 2 aromatic carbocycles. The standard InChI is InChI=1S/C32H42N4O4/c1-7-35-27(20-34-17-18-36(23(6)19-34)30(37)26-11-9-22(5)10-12-26)28(31(38)40-8-2)29(33-32(35)39)25-15-13-24(14-16-25)21(3)4/h9-16,21,23,29H,7-8,17-20H2,1-6H3,(H,33,39). The van der Waals surface area contributed by atoms with Crippen molar-refractivity contribution in [1.29, 1.82) is 0 Å². The molecule has 1 N–H and O–H groups in total. The average Bonchev–Trinajstić information content (AvgIpc) is 2.93. The first-order chi connectivity index (χ1) is 19.1. The first-order valence-electron chi connectivity index (χ1n) is 14.3. The fourth-order valence-electron chi connectivity index (χ4n) is 5.53. The molecule has 1 saturated heterocycles. The fraction of sp³-hybridized carbons (Fsp3) is 0.469. The van der Waals surface area contributed by atoms with Gasteiger partial charge in [-0.25, -0.2) is 9.59 Å². The second-order valence-corrected chi connectivity index (χ2v) is 11.0. The summed E-state index contributed by atoms with van der Waals surface area (Å²) in [6.45, 7) is 14.9. The van der Waals surface area contributed by atoms with Crippen molar-refractivity contribution in [3.05, 3.63) is 82.1 Å². The molecule has 0 aliphatic carbocycles. The van der Waals surface area contributed by atoms with Crippen LogP contribution in [0.1, 0.15) is 73.6 Å². The molecule has 0 spiro atoms. The Kier molecular flexibility index (Phi) is 9.30. The Labute approximate surface area is 238 Å². The summed E-state index contributed by atoms with van der Waals surface area (Å²) in [5.41, 5.74) is 4.96. The molecule has 0 radical (unpaired) electrons. The van der Waals surface area contributed by atoms with E-state index in [1.165, 1.54) is 5.56 Å². The Hall–Kier alpha value is -3.65. The number of hydrogen-bond acceptors (Lipinski definition) is 5. The van der Waals surface area contributed by atoms with Gasteiger partial charge in [0.1, 0.15) is 0 Å². The van der Waals surface area contributed by atoms with E-state index in [1.54, 1.807) is 11.8 Å². The molecule has 8 nitrogen and oxygen atoms in total. The number of piperazine rings is 1. The van der Waals surface area contributed by atoms with E-state index in [2.05, 4.69) is 24.1 Å². The molecule has 4 rings (SSSR count).